The highest BCUT2D eigenvalue weighted by molar-refractivity contribution is 6.31. The van der Waals surface area contributed by atoms with Crippen molar-refractivity contribution >= 4 is 28.2 Å². The van der Waals surface area contributed by atoms with Gasteiger partial charge in [0.15, 0.2) is 0 Å². The van der Waals surface area contributed by atoms with Crippen molar-refractivity contribution < 1.29 is 9.66 Å². The highest BCUT2D eigenvalue weighted by atomic mass is 35.5. The number of benzene rings is 1. The van der Waals surface area contributed by atoms with Crippen LogP contribution in [0.5, 0.6) is 0 Å². The summed E-state index contributed by atoms with van der Waals surface area (Å²) in [4.78, 5) is 10.5. The number of nitrogens with zero attached hydrogens (tertiary/aromatic N) is 2. The summed E-state index contributed by atoms with van der Waals surface area (Å²) in [5.74, 6) is 0. The van der Waals surface area contributed by atoms with E-state index >= 15 is 0 Å². The number of nitro groups is 1. The highest BCUT2D eigenvalue weighted by Crippen LogP contribution is 2.30. The summed E-state index contributed by atoms with van der Waals surface area (Å²) < 4.78 is 6.94. The molecule has 2 aromatic rings. The van der Waals surface area contributed by atoms with Gasteiger partial charge in [0.05, 0.1) is 15.8 Å². The number of non-ortho nitro benzene ring substituents is 1. The molecule has 1 aromatic heterocycles. The molecule has 0 radical (unpaired) electrons. The molecule has 0 aliphatic carbocycles. The Morgan fingerprint density at radius 1 is 1.50 bits per heavy atom. The molecular formula is C12H13ClN2O3. The van der Waals surface area contributed by atoms with Crippen LogP contribution in [0.4, 0.5) is 5.69 Å². The highest BCUT2D eigenvalue weighted by Gasteiger charge is 2.15. The third-order valence-electron chi connectivity index (χ3n) is 2.78. The number of nitro benzene ring substituents is 1. The largest absolute Gasteiger partial charge is 0.385 e. The van der Waals surface area contributed by atoms with Gasteiger partial charge in [0.1, 0.15) is 0 Å². The van der Waals surface area contributed by atoms with Crippen molar-refractivity contribution in [2.24, 2.45) is 0 Å². The summed E-state index contributed by atoms with van der Waals surface area (Å²) >= 11 is 5.92. The van der Waals surface area contributed by atoms with E-state index in [-0.39, 0.29) is 5.69 Å². The zero-order chi connectivity index (χ0) is 13.1. The molecule has 2 rings (SSSR count). The van der Waals surface area contributed by atoms with Gasteiger partial charge in [-0.3, -0.25) is 10.1 Å². The number of hydrogen-bond donors (Lipinski definition) is 0. The van der Waals surface area contributed by atoms with E-state index in [9.17, 15) is 10.1 Å². The van der Waals surface area contributed by atoms with Gasteiger partial charge in [0.2, 0.25) is 0 Å². The van der Waals surface area contributed by atoms with Gasteiger partial charge in [0, 0.05) is 37.5 Å². The van der Waals surface area contributed by atoms with E-state index in [1.54, 1.807) is 19.2 Å². The average Bonchev–Trinajstić information content (AvgIpc) is 2.71. The monoisotopic (exact) mass is 268 g/mol. The molecule has 6 heteroatoms. The standard InChI is InChI=1S/C12H13ClN2O3/c1-18-6-2-4-14-5-3-10-11(14)7-9(13)8-12(10)15(16)17/h3,5,7-8H,2,4,6H2,1H3. The quantitative estimate of drug-likeness (QED) is 0.475. The zero-order valence-electron chi connectivity index (χ0n) is 9.93. The summed E-state index contributed by atoms with van der Waals surface area (Å²) in [5.41, 5.74) is 0.827. The molecule has 0 saturated heterocycles. The van der Waals surface area contributed by atoms with Crippen molar-refractivity contribution in [3.05, 3.63) is 39.5 Å². The molecule has 96 valence electrons. The lowest BCUT2D eigenvalue weighted by Crippen LogP contribution is -2.00. The van der Waals surface area contributed by atoms with Crippen molar-refractivity contribution in [2.45, 2.75) is 13.0 Å². The van der Waals surface area contributed by atoms with Crippen LogP contribution in [0.3, 0.4) is 0 Å². The van der Waals surface area contributed by atoms with Gasteiger partial charge in [-0.15, -0.1) is 0 Å². The second-order valence-electron chi connectivity index (χ2n) is 3.97. The molecule has 0 unspecified atom stereocenters. The third kappa shape index (κ3) is 2.47. The molecule has 18 heavy (non-hydrogen) atoms. The van der Waals surface area contributed by atoms with Crippen LogP contribution in [0.25, 0.3) is 10.9 Å². The van der Waals surface area contributed by atoms with Crippen LogP contribution >= 0.6 is 11.6 Å². The van der Waals surface area contributed by atoms with E-state index in [0.717, 1.165) is 18.5 Å². The van der Waals surface area contributed by atoms with Crippen LogP contribution in [0.15, 0.2) is 24.4 Å². The van der Waals surface area contributed by atoms with E-state index in [2.05, 4.69) is 0 Å². The maximum atomic E-state index is 11.0. The number of methoxy groups -OCH3 is 1. The van der Waals surface area contributed by atoms with Gasteiger partial charge in [-0.25, -0.2) is 0 Å². The summed E-state index contributed by atoms with van der Waals surface area (Å²) in [6, 6.07) is 4.87. The lowest BCUT2D eigenvalue weighted by molar-refractivity contribution is -0.383. The molecule has 0 aliphatic heterocycles. The summed E-state index contributed by atoms with van der Waals surface area (Å²) in [7, 11) is 1.65. The fourth-order valence-electron chi connectivity index (χ4n) is 1.97. The molecule has 0 amide bonds. The van der Waals surface area contributed by atoms with Crippen LogP contribution < -0.4 is 0 Å². The number of aromatic nitrogens is 1. The van der Waals surface area contributed by atoms with E-state index in [1.165, 1.54) is 6.07 Å². The Hall–Kier alpha value is -1.59. The van der Waals surface area contributed by atoms with Crippen molar-refractivity contribution in [3.63, 3.8) is 0 Å². The van der Waals surface area contributed by atoms with Gasteiger partial charge in [-0.1, -0.05) is 11.6 Å². The molecule has 1 aromatic carbocycles. The van der Waals surface area contributed by atoms with Crippen molar-refractivity contribution in [1.29, 1.82) is 0 Å². The Kier molecular flexibility index (Phi) is 3.84. The molecule has 0 bridgehead atoms. The predicted molar refractivity (Wildman–Crippen MR) is 70.1 cm³/mol. The van der Waals surface area contributed by atoms with Gasteiger partial charge < -0.3 is 9.30 Å². The first-order chi connectivity index (χ1) is 8.63. The average molecular weight is 269 g/mol. The molecule has 0 spiro atoms. The van der Waals surface area contributed by atoms with Gasteiger partial charge in [-0.2, -0.15) is 0 Å². The lowest BCUT2D eigenvalue weighted by atomic mass is 10.2. The maximum absolute atomic E-state index is 11.0. The Morgan fingerprint density at radius 3 is 2.94 bits per heavy atom. The summed E-state index contributed by atoms with van der Waals surface area (Å²) in [6.07, 6.45) is 2.68. The van der Waals surface area contributed by atoms with Crippen molar-refractivity contribution in [2.75, 3.05) is 13.7 Å². The molecule has 0 atom stereocenters. The van der Waals surface area contributed by atoms with Gasteiger partial charge in [0.25, 0.3) is 5.69 Å². The van der Waals surface area contributed by atoms with Crippen LogP contribution in [0.2, 0.25) is 5.02 Å². The zero-order valence-corrected chi connectivity index (χ0v) is 10.7. The Labute approximate surface area is 109 Å². The van der Waals surface area contributed by atoms with Gasteiger partial charge in [-0.05, 0) is 18.6 Å². The van der Waals surface area contributed by atoms with Crippen molar-refractivity contribution in [1.82, 2.24) is 4.57 Å². The first-order valence-electron chi connectivity index (χ1n) is 5.55. The topological polar surface area (TPSA) is 57.3 Å². The second kappa shape index (κ2) is 5.37. The van der Waals surface area contributed by atoms with Crippen LogP contribution in [-0.4, -0.2) is 23.2 Å². The van der Waals surface area contributed by atoms with Crippen LogP contribution in [0, 0.1) is 10.1 Å². The number of halogens is 1. The molecule has 0 fully saturated rings. The predicted octanol–water partition coefficient (Wildman–Crippen LogP) is 3.24. The maximum Gasteiger partial charge on any atom is 0.280 e. The Bertz CT molecular complexity index is 580. The van der Waals surface area contributed by atoms with E-state index < -0.39 is 4.92 Å². The number of ether oxygens (including phenoxy) is 1. The molecule has 0 saturated carbocycles. The number of rotatable bonds is 5. The fourth-order valence-corrected chi connectivity index (χ4v) is 2.17. The van der Waals surface area contributed by atoms with Crippen molar-refractivity contribution in [3.8, 4) is 0 Å². The number of fused-ring (bicyclic) bond motifs is 1. The second-order valence-corrected chi connectivity index (χ2v) is 4.41. The Balaban J connectivity index is 2.42. The SMILES string of the molecule is COCCCn1ccc2c([N+](=O)[O-])cc(Cl)cc21. The molecular weight excluding hydrogens is 256 g/mol. The minimum atomic E-state index is -0.409. The molecule has 0 aliphatic rings. The van der Waals surface area contributed by atoms with Gasteiger partial charge >= 0.3 is 0 Å². The van der Waals surface area contributed by atoms with E-state index in [1.807, 2.05) is 10.8 Å². The first-order valence-corrected chi connectivity index (χ1v) is 5.93. The Morgan fingerprint density at radius 2 is 2.28 bits per heavy atom. The third-order valence-corrected chi connectivity index (χ3v) is 2.99. The molecule has 1 heterocycles. The first kappa shape index (κ1) is 12.9. The summed E-state index contributed by atoms with van der Waals surface area (Å²) in [5, 5.41) is 11.9. The minimum absolute atomic E-state index is 0.0444. The van der Waals surface area contributed by atoms with Crippen LogP contribution in [-0.2, 0) is 11.3 Å². The number of hydrogen-bond acceptors (Lipinski definition) is 3. The summed E-state index contributed by atoms with van der Waals surface area (Å²) in [6.45, 7) is 1.40. The van der Waals surface area contributed by atoms with E-state index in [0.29, 0.717) is 17.0 Å². The van der Waals surface area contributed by atoms with E-state index in [4.69, 9.17) is 16.3 Å². The normalized spacial score (nSPS) is 11.0. The number of aryl methyl sites for hydroxylation is 1. The molecule has 0 N–H and O–H groups in total. The molecule has 5 nitrogen and oxygen atoms in total. The smallest absolute Gasteiger partial charge is 0.280 e. The van der Waals surface area contributed by atoms with Crippen LogP contribution in [0.1, 0.15) is 6.42 Å². The minimum Gasteiger partial charge on any atom is -0.385 e. The lowest BCUT2D eigenvalue weighted by Gasteiger charge is -2.05. The fraction of sp³-hybridized carbons (Fsp3) is 0.333.